The second kappa shape index (κ2) is 8.30. The second-order valence-electron chi connectivity index (χ2n) is 5.88. The fraction of sp³-hybridized carbons (Fsp3) is 0.600. The van der Waals surface area contributed by atoms with Crippen molar-refractivity contribution in [2.75, 3.05) is 11.9 Å². The van der Waals surface area contributed by atoms with Crippen LogP contribution in [0.4, 0.5) is 5.69 Å². The van der Waals surface area contributed by atoms with Crippen molar-refractivity contribution >= 4 is 23.5 Å². The number of amides is 2. The number of carbonyl (C=O) groups is 3. The Hall–Kier alpha value is -2.38. The van der Waals surface area contributed by atoms with Crippen LogP contribution in [0.3, 0.4) is 0 Å². The number of aromatic nitrogens is 2. The van der Waals surface area contributed by atoms with Crippen molar-refractivity contribution in [3.8, 4) is 0 Å². The van der Waals surface area contributed by atoms with Crippen molar-refractivity contribution in [3.05, 3.63) is 12.4 Å². The van der Waals surface area contributed by atoms with Crippen LogP contribution in [-0.2, 0) is 19.9 Å². The molecule has 0 fully saturated rings. The summed E-state index contributed by atoms with van der Waals surface area (Å²) in [6.07, 6.45) is 5.70. The molecule has 3 N–H and O–H groups in total. The molecule has 0 bridgehead atoms. The van der Waals surface area contributed by atoms with Crippen LogP contribution in [0.5, 0.6) is 0 Å². The molecule has 0 aliphatic heterocycles. The van der Waals surface area contributed by atoms with E-state index in [0.717, 1.165) is 19.3 Å². The molecule has 0 spiro atoms. The number of nitrogens with zero attached hydrogens (tertiary/aromatic N) is 2. The Balaban J connectivity index is 2.34. The number of carbonyl (C=O) groups excluding carboxylic acids is 2. The van der Waals surface area contributed by atoms with Crippen LogP contribution in [0.25, 0.3) is 0 Å². The Morgan fingerprint density at radius 1 is 1.26 bits per heavy atom. The van der Waals surface area contributed by atoms with E-state index in [1.54, 1.807) is 0 Å². The number of carboxylic acids is 1. The normalized spacial score (nSPS) is 11.1. The molecule has 0 radical (unpaired) electrons. The first-order valence-electron chi connectivity index (χ1n) is 7.56. The fourth-order valence-electron chi connectivity index (χ4n) is 1.87. The van der Waals surface area contributed by atoms with Crippen LogP contribution in [0.15, 0.2) is 12.4 Å². The molecule has 0 unspecified atom stereocenters. The monoisotopic (exact) mass is 324 g/mol. The van der Waals surface area contributed by atoms with E-state index >= 15 is 0 Å². The van der Waals surface area contributed by atoms with Gasteiger partial charge in [0.25, 0.3) is 0 Å². The van der Waals surface area contributed by atoms with Gasteiger partial charge in [-0.05, 0) is 26.7 Å². The molecule has 23 heavy (non-hydrogen) atoms. The topological polar surface area (TPSA) is 113 Å². The third-order valence-corrected chi connectivity index (χ3v) is 3.42. The van der Waals surface area contributed by atoms with E-state index in [0.29, 0.717) is 18.7 Å². The van der Waals surface area contributed by atoms with Gasteiger partial charge in [-0.25, -0.2) is 4.79 Å². The van der Waals surface area contributed by atoms with Crippen molar-refractivity contribution in [1.29, 1.82) is 0 Å². The van der Waals surface area contributed by atoms with E-state index in [1.165, 1.54) is 37.8 Å². The average Bonchev–Trinajstić information content (AvgIpc) is 2.91. The highest BCUT2D eigenvalue weighted by molar-refractivity contribution is 5.90. The van der Waals surface area contributed by atoms with Gasteiger partial charge in [0.1, 0.15) is 0 Å². The minimum atomic E-state index is -1.17. The minimum Gasteiger partial charge on any atom is -0.479 e. The van der Waals surface area contributed by atoms with Crippen molar-refractivity contribution in [2.24, 2.45) is 0 Å². The SMILES string of the molecule is CC(=O)NCCCCCC(=O)Nc1cnn(C(C)(C)C(=O)O)c1. The van der Waals surface area contributed by atoms with Gasteiger partial charge in [-0.3, -0.25) is 14.3 Å². The molecule has 1 aromatic rings. The fourth-order valence-corrected chi connectivity index (χ4v) is 1.87. The maximum atomic E-state index is 11.8. The first-order valence-corrected chi connectivity index (χ1v) is 7.56. The van der Waals surface area contributed by atoms with Gasteiger partial charge in [-0.15, -0.1) is 0 Å². The van der Waals surface area contributed by atoms with E-state index in [9.17, 15) is 14.4 Å². The molecule has 8 heteroatoms. The highest BCUT2D eigenvalue weighted by Gasteiger charge is 2.30. The van der Waals surface area contributed by atoms with Gasteiger partial charge in [-0.2, -0.15) is 5.10 Å². The van der Waals surface area contributed by atoms with Gasteiger partial charge in [0.2, 0.25) is 11.8 Å². The first-order chi connectivity index (χ1) is 10.7. The summed E-state index contributed by atoms with van der Waals surface area (Å²) in [5.41, 5.74) is -0.699. The van der Waals surface area contributed by atoms with Crippen molar-refractivity contribution in [2.45, 2.75) is 52.0 Å². The first kappa shape index (κ1) is 18.7. The molecule has 8 nitrogen and oxygen atoms in total. The molecule has 1 rings (SSSR count). The van der Waals surface area contributed by atoms with E-state index in [4.69, 9.17) is 5.11 Å². The van der Waals surface area contributed by atoms with Crippen LogP contribution in [0.2, 0.25) is 0 Å². The number of unbranched alkanes of at least 4 members (excludes halogenated alkanes) is 2. The Bertz CT molecular complexity index is 566. The van der Waals surface area contributed by atoms with E-state index in [-0.39, 0.29) is 11.8 Å². The summed E-state index contributed by atoms with van der Waals surface area (Å²) >= 11 is 0. The molecule has 0 saturated carbocycles. The van der Waals surface area contributed by atoms with Gasteiger partial charge in [-0.1, -0.05) is 6.42 Å². The third-order valence-electron chi connectivity index (χ3n) is 3.42. The van der Waals surface area contributed by atoms with Crippen molar-refractivity contribution in [3.63, 3.8) is 0 Å². The number of anilines is 1. The lowest BCUT2D eigenvalue weighted by molar-refractivity contribution is -0.146. The maximum absolute atomic E-state index is 11.8. The van der Waals surface area contributed by atoms with Gasteiger partial charge >= 0.3 is 5.97 Å². The largest absolute Gasteiger partial charge is 0.479 e. The van der Waals surface area contributed by atoms with E-state index < -0.39 is 11.5 Å². The molecule has 0 aliphatic carbocycles. The lowest BCUT2D eigenvalue weighted by Crippen LogP contribution is -2.35. The number of rotatable bonds is 9. The molecule has 0 aliphatic rings. The molecule has 0 atom stereocenters. The van der Waals surface area contributed by atoms with Crippen LogP contribution in [0, 0.1) is 0 Å². The Morgan fingerprint density at radius 3 is 2.57 bits per heavy atom. The van der Waals surface area contributed by atoms with Gasteiger partial charge in [0.15, 0.2) is 5.54 Å². The van der Waals surface area contributed by atoms with Crippen LogP contribution in [-0.4, -0.2) is 39.2 Å². The zero-order chi connectivity index (χ0) is 17.5. The number of nitrogens with one attached hydrogen (secondary N) is 2. The zero-order valence-electron chi connectivity index (χ0n) is 13.8. The van der Waals surface area contributed by atoms with Crippen LogP contribution in [0.1, 0.15) is 46.5 Å². The Morgan fingerprint density at radius 2 is 1.96 bits per heavy atom. The summed E-state index contributed by atoms with van der Waals surface area (Å²) in [5, 5.41) is 18.5. The zero-order valence-corrected chi connectivity index (χ0v) is 13.8. The quantitative estimate of drug-likeness (QED) is 0.593. The predicted octanol–water partition coefficient (Wildman–Crippen LogP) is 1.34. The Labute approximate surface area is 135 Å². The summed E-state index contributed by atoms with van der Waals surface area (Å²) in [6.45, 7) is 5.15. The lowest BCUT2D eigenvalue weighted by Gasteiger charge is -2.19. The molecular formula is C15H24N4O4. The standard InChI is InChI=1S/C15H24N4O4/c1-11(20)16-8-6-4-5-7-13(21)18-12-9-17-19(10-12)15(2,3)14(22)23/h9-10H,4-8H2,1-3H3,(H,16,20)(H,18,21)(H,22,23). The Kier molecular flexibility index (Phi) is 6.74. The molecule has 2 amide bonds. The van der Waals surface area contributed by atoms with Gasteiger partial charge in [0.05, 0.1) is 11.9 Å². The van der Waals surface area contributed by atoms with Crippen LogP contribution < -0.4 is 10.6 Å². The van der Waals surface area contributed by atoms with E-state index in [2.05, 4.69) is 15.7 Å². The van der Waals surface area contributed by atoms with Crippen LogP contribution >= 0.6 is 0 Å². The van der Waals surface area contributed by atoms with Gasteiger partial charge in [0, 0.05) is 26.1 Å². The number of hydrogen-bond donors (Lipinski definition) is 3. The second-order valence-corrected chi connectivity index (χ2v) is 5.88. The van der Waals surface area contributed by atoms with Crippen molar-refractivity contribution < 1.29 is 19.5 Å². The summed E-state index contributed by atoms with van der Waals surface area (Å²) in [4.78, 5) is 33.6. The minimum absolute atomic E-state index is 0.0518. The third kappa shape index (κ3) is 6.09. The highest BCUT2D eigenvalue weighted by Crippen LogP contribution is 2.17. The summed E-state index contributed by atoms with van der Waals surface area (Å²) < 4.78 is 1.30. The molecule has 128 valence electrons. The molecule has 0 aromatic carbocycles. The summed E-state index contributed by atoms with van der Waals surface area (Å²) in [7, 11) is 0. The molecule has 1 heterocycles. The average molecular weight is 324 g/mol. The lowest BCUT2D eigenvalue weighted by atomic mass is 10.1. The maximum Gasteiger partial charge on any atom is 0.331 e. The molecule has 1 aromatic heterocycles. The van der Waals surface area contributed by atoms with E-state index in [1.807, 2.05) is 0 Å². The number of hydrogen-bond acceptors (Lipinski definition) is 4. The van der Waals surface area contributed by atoms with Crippen molar-refractivity contribution in [1.82, 2.24) is 15.1 Å². The smallest absolute Gasteiger partial charge is 0.331 e. The number of carboxylic acid groups (broad SMARTS) is 1. The highest BCUT2D eigenvalue weighted by atomic mass is 16.4. The summed E-state index contributed by atoms with van der Waals surface area (Å²) in [6, 6.07) is 0. The molecule has 0 saturated heterocycles. The molecular weight excluding hydrogens is 300 g/mol. The predicted molar refractivity (Wildman–Crippen MR) is 85.0 cm³/mol. The number of aliphatic carboxylic acids is 1. The summed E-state index contributed by atoms with van der Waals surface area (Å²) in [5.74, 6) is -1.20. The van der Waals surface area contributed by atoms with Gasteiger partial charge < -0.3 is 15.7 Å².